The minimum absolute atomic E-state index is 0.155. The number of hydrogen-bond acceptors (Lipinski definition) is 3. The van der Waals surface area contributed by atoms with E-state index in [-0.39, 0.29) is 22.4 Å². The molecule has 0 amide bonds. The van der Waals surface area contributed by atoms with Gasteiger partial charge < -0.3 is 0 Å². The summed E-state index contributed by atoms with van der Waals surface area (Å²) in [5.74, 6) is -0.466. The van der Waals surface area contributed by atoms with E-state index in [0.717, 1.165) is 0 Å². The molecule has 4 heteroatoms. The highest BCUT2D eigenvalue weighted by Gasteiger charge is 2.22. The van der Waals surface area contributed by atoms with Gasteiger partial charge in [0.15, 0.2) is 5.78 Å². The van der Waals surface area contributed by atoms with E-state index in [2.05, 4.69) is 4.98 Å². The number of carbonyl (C=O) groups is 2. The molecule has 3 nitrogen and oxygen atoms in total. The van der Waals surface area contributed by atoms with Gasteiger partial charge in [0.05, 0.1) is 5.56 Å². The van der Waals surface area contributed by atoms with Crippen molar-refractivity contribution in [2.45, 2.75) is 6.92 Å². The van der Waals surface area contributed by atoms with Gasteiger partial charge >= 0.3 is 0 Å². The van der Waals surface area contributed by atoms with Crippen LogP contribution in [0.5, 0.6) is 0 Å². The molecule has 0 saturated heterocycles. The number of halogens is 1. The SMILES string of the molecule is Cc1cc(Cl)nc2c1C(=O)C=CC2=O. The average Bonchev–Trinajstić information content (AvgIpc) is 2.10. The summed E-state index contributed by atoms with van der Waals surface area (Å²) in [5, 5.41) is 0.234. The predicted octanol–water partition coefficient (Wildman–Crippen LogP) is 1.98. The van der Waals surface area contributed by atoms with Gasteiger partial charge in [-0.1, -0.05) is 11.6 Å². The molecule has 0 aliphatic heterocycles. The lowest BCUT2D eigenvalue weighted by Gasteiger charge is -2.10. The molecule has 0 radical (unpaired) electrons. The fourth-order valence-corrected chi connectivity index (χ4v) is 1.68. The second-order valence-corrected chi connectivity index (χ2v) is 3.43. The van der Waals surface area contributed by atoms with E-state index in [1.165, 1.54) is 12.2 Å². The van der Waals surface area contributed by atoms with Gasteiger partial charge in [-0.3, -0.25) is 9.59 Å². The van der Waals surface area contributed by atoms with Crippen LogP contribution in [0.25, 0.3) is 0 Å². The van der Waals surface area contributed by atoms with Crippen LogP contribution < -0.4 is 0 Å². The maximum Gasteiger partial charge on any atom is 0.205 e. The van der Waals surface area contributed by atoms with Gasteiger partial charge in [0.1, 0.15) is 10.8 Å². The number of rotatable bonds is 0. The second kappa shape index (κ2) is 3.03. The molecule has 0 saturated carbocycles. The minimum Gasteiger partial charge on any atom is -0.289 e. The first-order chi connectivity index (χ1) is 6.59. The summed E-state index contributed by atoms with van der Waals surface area (Å²) >= 11 is 5.70. The van der Waals surface area contributed by atoms with Gasteiger partial charge in [-0.25, -0.2) is 4.98 Å². The summed E-state index contributed by atoms with van der Waals surface area (Å²) in [7, 11) is 0. The number of hydrogen-bond donors (Lipinski definition) is 0. The molecule has 0 spiro atoms. The molecule has 0 bridgehead atoms. The molecule has 1 aromatic rings. The Morgan fingerprint density at radius 3 is 2.57 bits per heavy atom. The van der Waals surface area contributed by atoms with Crippen LogP contribution in [-0.2, 0) is 0 Å². The molecule has 0 N–H and O–H groups in total. The molecule has 1 heterocycles. The van der Waals surface area contributed by atoms with Crippen molar-refractivity contribution >= 4 is 23.2 Å². The lowest BCUT2D eigenvalue weighted by molar-refractivity contribution is 0.0990. The number of aryl methyl sites for hydroxylation is 1. The summed E-state index contributed by atoms with van der Waals surface area (Å²) < 4.78 is 0. The third-order valence-corrected chi connectivity index (χ3v) is 2.24. The van der Waals surface area contributed by atoms with Gasteiger partial charge in [-0.05, 0) is 30.7 Å². The molecule has 0 unspecified atom stereocenters. The molecule has 1 aliphatic rings. The third kappa shape index (κ3) is 1.26. The molecular formula is C10H6ClNO2. The minimum atomic E-state index is -0.273. The van der Waals surface area contributed by atoms with Crippen molar-refractivity contribution in [2.75, 3.05) is 0 Å². The van der Waals surface area contributed by atoms with Gasteiger partial charge in [-0.2, -0.15) is 0 Å². The van der Waals surface area contributed by atoms with Crippen LogP contribution in [-0.4, -0.2) is 16.6 Å². The lowest BCUT2D eigenvalue weighted by atomic mass is 9.96. The number of fused-ring (bicyclic) bond motifs is 1. The topological polar surface area (TPSA) is 47.0 Å². The van der Waals surface area contributed by atoms with Gasteiger partial charge in [0.25, 0.3) is 0 Å². The van der Waals surface area contributed by atoms with Gasteiger partial charge in [0, 0.05) is 0 Å². The van der Waals surface area contributed by atoms with Crippen molar-refractivity contribution in [1.29, 1.82) is 0 Å². The van der Waals surface area contributed by atoms with Crippen LogP contribution in [0.2, 0.25) is 5.15 Å². The first kappa shape index (κ1) is 9.09. The van der Waals surface area contributed by atoms with E-state index in [1.807, 2.05) is 0 Å². The van der Waals surface area contributed by atoms with Crippen LogP contribution >= 0.6 is 11.6 Å². The number of allylic oxidation sites excluding steroid dienone is 2. The normalized spacial score (nSPS) is 14.4. The van der Waals surface area contributed by atoms with E-state index >= 15 is 0 Å². The number of ketones is 2. The zero-order valence-corrected chi connectivity index (χ0v) is 8.13. The molecule has 2 rings (SSSR count). The van der Waals surface area contributed by atoms with E-state index < -0.39 is 0 Å². The van der Waals surface area contributed by atoms with E-state index in [9.17, 15) is 9.59 Å². The van der Waals surface area contributed by atoms with E-state index in [1.54, 1.807) is 13.0 Å². The van der Waals surface area contributed by atoms with Crippen molar-refractivity contribution in [3.63, 3.8) is 0 Å². The van der Waals surface area contributed by atoms with Crippen LogP contribution in [0.3, 0.4) is 0 Å². The number of aromatic nitrogens is 1. The third-order valence-electron chi connectivity index (χ3n) is 2.05. The highest BCUT2D eigenvalue weighted by Crippen LogP contribution is 2.21. The summed E-state index contributed by atoms with van der Waals surface area (Å²) in [5.41, 5.74) is 1.20. The van der Waals surface area contributed by atoms with Crippen LogP contribution in [0.15, 0.2) is 18.2 Å². The quantitative estimate of drug-likeness (QED) is 0.611. The number of carbonyl (C=O) groups excluding carboxylic acids is 2. The Morgan fingerprint density at radius 2 is 1.86 bits per heavy atom. The first-order valence-corrected chi connectivity index (χ1v) is 4.41. The van der Waals surface area contributed by atoms with Crippen molar-refractivity contribution < 1.29 is 9.59 Å². The van der Waals surface area contributed by atoms with E-state index in [0.29, 0.717) is 11.1 Å². The van der Waals surface area contributed by atoms with Crippen molar-refractivity contribution in [3.8, 4) is 0 Å². The Bertz CT molecular complexity index is 477. The first-order valence-electron chi connectivity index (χ1n) is 4.03. The highest BCUT2D eigenvalue weighted by molar-refractivity contribution is 6.30. The molecule has 14 heavy (non-hydrogen) atoms. The zero-order valence-electron chi connectivity index (χ0n) is 7.37. The summed E-state index contributed by atoms with van der Waals surface area (Å²) in [6.07, 6.45) is 2.47. The van der Waals surface area contributed by atoms with E-state index in [4.69, 9.17) is 11.6 Å². The largest absolute Gasteiger partial charge is 0.289 e. The Balaban J connectivity index is 2.78. The Hall–Kier alpha value is -1.48. The van der Waals surface area contributed by atoms with Gasteiger partial charge in [-0.15, -0.1) is 0 Å². The smallest absolute Gasteiger partial charge is 0.205 e. The van der Waals surface area contributed by atoms with Crippen LogP contribution in [0.1, 0.15) is 26.4 Å². The zero-order chi connectivity index (χ0) is 10.3. The maximum atomic E-state index is 11.4. The van der Waals surface area contributed by atoms with Crippen LogP contribution in [0, 0.1) is 6.92 Å². The van der Waals surface area contributed by atoms with Crippen molar-refractivity contribution in [2.24, 2.45) is 0 Å². The fraction of sp³-hybridized carbons (Fsp3) is 0.100. The molecule has 0 fully saturated rings. The Kier molecular flexibility index (Phi) is 1.97. The lowest BCUT2D eigenvalue weighted by Crippen LogP contribution is -2.15. The number of nitrogens with zero attached hydrogens (tertiary/aromatic N) is 1. The molecule has 0 aromatic carbocycles. The molecule has 1 aliphatic carbocycles. The van der Waals surface area contributed by atoms with Crippen LogP contribution in [0.4, 0.5) is 0 Å². The maximum absolute atomic E-state index is 11.4. The predicted molar refractivity (Wildman–Crippen MR) is 51.8 cm³/mol. The average molecular weight is 208 g/mol. The summed E-state index contributed by atoms with van der Waals surface area (Å²) in [6.45, 7) is 1.73. The highest BCUT2D eigenvalue weighted by atomic mass is 35.5. The summed E-state index contributed by atoms with van der Waals surface area (Å²) in [4.78, 5) is 26.7. The van der Waals surface area contributed by atoms with Crippen molar-refractivity contribution in [1.82, 2.24) is 4.98 Å². The molecular weight excluding hydrogens is 202 g/mol. The second-order valence-electron chi connectivity index (χ2n) is 3.05. The van der Waals surface area contributed by atoms with Crippen molar-refractivity contribution in [3.05, 3.63) is 40.2 Å². The van der Waals surface area contributed by atoms with Gasteiger partial charge in [0.2, 0.25) is 5.78 Å². The summed E-state index contributed by atoms with van der Waals surface area (Å²) in [6, 6.07) is 1.57. The fourth-order valence-electron chi connectivity index (χ4n) is 1.44. The molecule has 0 atom stereocenters. The standard InChI is InChI=1S/C10H6ClNO2/c1-5-4-8(11)12-10-7(14)3-2-6(13)9(5)10/h2-4H,1H3. The number of pyridine rings is 1. The monoisotopic (exact) mass is 207 g/mol. The Labute approximate surface area is 85.4 Å². The molecule has 70 valence electrons. The Morgan fingerprint density at radius 1 is 1.21 bits per heavy atom. The molecule has 1 aromatic heterocycles.